The molecule has 8 heteroatoms. The molecule has 2 aliphatic rings. The van der Waals surface area contributed by atoms with Crippen molar-refractivity contribution in [2.75, 3.05) is 52.4 Å². The van der Waals surface area contributed by atoms with Gasteiger partial charge in [0, 0.05) is 75.5 Å². The van der Waals surface area contributed by atoms with E-state index in [2.05, 4.69) is 9.80 Å². The van der Waals surface area contributed by atoms with Crippen molar-refractivity contribution in [1.82, 2.24) is 19.6 Å². The van der Waals surface area contributed by atoms with Gasteiger partial charge in [0.2, 0.25) is 11.8 Å². The standard InChI is InChI=1S/C25H30Cl2N4O2/c26-22-5-1-20(2-6-22)18-28-9-13-30(14-10-28)24(32)17-25(33)31-15-11-29(12-16-31)19-21-3-7-23(27)8-4-21/h1-8H,9-19H2. The van der Waals surface area contributed by atoms with E-state index < -0.39 is 0 Å². The molecule has 2 aromatic rings. The van der Waals surface area contributed by atoms with Crippen molar-refractivity contribution in [3.8, 4) is 0 Å². The number of piperazine rings is 2. The maximum Gasteiger partial charge on any atom is 0.232 e. The zero-order valence-electron chi connectivity index (χ0n) is 18.8. The zero-order valence-corrected chi connectivity index (χ0v) is 20.3. The molecule has 0 aliphatic carbocycles. The third-order valence-corrected chi connectivity index (χ3v) is 6.90. The van der Waals surface area contributed by atoms with Crippen LogP contribution in [-0.4, -0.2) is 83.8 Å². The molecule has 0 N–H and O–H groups in total. The average Bonchev–Trinajstić information content (AvgIpc) is 2.83. The third-order valence-electron chi connectivity index (χ3n) is 6.39. The molecular weight excluding hydrogens is 459 g/mol. The molecule has 2 heterocycles. The molecule has 0 atom stereocenters. The largest absolute Gasteiger partial charge is 0.340 e. The summed E-state index contributed by atoms with van der Waals surface area (Å²) in [7, 11) is 0. The van der Waals surface area contributed by atoms with Gasteiger partial charge in [-0.05, 0) is 35.4 Å². The number of amides is 2. The van der Waals surface area contributed by atoms with Gasteiger partial charge >= 0.3 is 0 Å². The highest BCUT2D eigenvalue weighted by Gasteiger charge is 2.27. The Balaban J connectivity index is 1.17. The summed E-state index contributed by atoms with van der Waals surface area (Å²) in [5.41, 5.74) is 2.43. The number of benzene rings is 2. The van der Waals surface area contributed by atoms with Gasteiger partial charge in [0.05, 0.1) is 0 Å². The molecule has 2 amide bonds. The molecule has 0 bridgehead atoms. The van der Waals surface area contributed by atoms with Gasteiger partial charge in [-0.25, -0.2) is 0 Å². The first-order chi connectivity index (χ1) is 16.0. The van der Waals surface area contributed by atoms with Gasteiger partial charge in [-0.2, -0.15) is 0 Å². The van der Waals surface area contributed by atoms with Crippen LogP contribution >= 0.6 is 23.2 Å². The lowest BCUT2D eigenvalue weighted by Gasteiger charge is -2.36. The van der Waals surface area contributed by atoms with E-state index in [1.54, 1.807) is 0 Å². The minimum Gasteiger partial charge on any atom is -0.340 e. The fraction of sp³-hybridized carbons (Fsp3) is 0.440. The van der Waals surface area contributed by atoms with Crippen molar-refractivity contribution in [2.24, 2.45) is 0 Å². The van der Waals surface area contributed by atoms with Gasteiger partial charge in [-0.15, -0.1) is 0 Å². The van der Waals surface area contributed by atoms with E-state index in [4.69, 9.17) is 23.2 Å². The van der Waals surface area contributed by atoms with Crippen molar-refractivity contribution in [2.45, 2.75) is 19.5 Å². The summed E-state index contributed by atoms with van der Waals surface area (Å²) in [5.74, 6) is -0.121. The van der Waals surface area contributed by atoms with Gasteiger partial charge in [-0.1, -0.05) is 47.5 Å². The average molecular weight is 489 g/mol. The van der Waals surface area contributed by atoms with Gasteiger partial charge in [0.15, 0.2) is 0 Å². The predicted molar refractivity (Wildman–Crippen MR) is 131 cm³/mol. The first kappa shape index (κ1) is 24.0. The molecule has 4 rings (SSSR count). The summed E-state index contributed by atoms with van der Waals surface area (Å²) in [5, 5.41) is 1.48. The monoisotopic (exact) mass is 488 g/mol. The quantitative estimate of drug-likeness (QED) is 0.584. The smallest absolute Gasteiger partial charge is 0.232 e. The first-order valence-electron chi connectivity index (χ1n) is 11.5. The fourth-order valence-electron chi connectivity index (χ4n) is 4.36. The SMILES string of the molecule is O=C(CC(=O)N1CCN(Cc2ccc(Cl)cc2)CC1)N1CCN(Cc2ccc(Cl)cc2)CC1. The summed E-state index contributed by atoms with van der Waals surface area (Å²) in [6.07, 6.45) is -0.0334. The summed E-state index contributed by atoms with van der Waals surface area (Å²) in [4.78, 5) is 33.7. The minimum atomic E-state index is -0.0604. The second-order valence-corrected chi connectivity index (χ2v) is 9.62. The van der Waals surface area contributed by atoms with E-state index >= 15 is 0 Å². The third kappa shape index (κ3) is 6.93. The number of hydrogen-bond acceptors (Lipinski definition) is 4. The Hall–Kier alpha value is -2.12. The highest BCUT2D eigenvalue weighted by molar-refractivity contribution is 6.30. The van der Waals surface area contributed by atoms with E-state index in [9.17, 15) is 9.59 Å². The van der Waals surface area contributed by atoms with Gasteiger partial charge in [-0.3, -0.25) is 19.4 Å². The predicted octanol–water partition coefficient (Wildman–Crippen LogP) is 3.37. The maximum absolute atomic E-state index is 12.7. The molecule has 176 valence electrons. The highest BCUT2D eigenvalue weighted by atomic mass is 35.5. The van der Waals surface area contributed by atoms with E-state index in [1.807, 2.05) is 58.3 Å². The Bertz CT molecular complexity index is 858. The van der Waals surface area contributed by atoms with Crippen molar-refractivity contribution in [3.63, 3.8) is 0 Å². The number of nitrogens with zero attached hydrogens (tertiary/aromatic N) is 4. The van der Waals surface area contributed by atoms with Crippen LogP contribution in [0.1, 0.15) is 17.5 Å². The summed E-state index contributed by atoms with van der Waals surface area (Å²) in [6, 6.07) is 15.8. The molecule has 33 heavy (non-hydrogen) atoms. The molecule has 6 nitrogen and oxygen atoms in total. The molecular formula is C25H30Cl2N4O2. The Kier molecular flexibility index (Phi) is 8.25. The Morgan fingerprint density at radius 2 is 0.909 bits per heavy atom. The molecule has 0 unspecified atom stereocenters. The number of rotatable bonds is 6. The topological polar surface area (TPSA) is 47.1 Å². The zero-order chi connectivity index (χ0) is 23.2. The maximum atomic E-state index is 12.7. The number of carbonyl (C=O) groups is 2. The van der Waals surface area contributed by atoms with Crippen LogP contribution in [0, 0.1) is 0 Å². The Labute approximate surface area is 205 Å². The van der Waals surface area contributed by atoms with Crippen LogP contribution in [0.2, 0.25) is 10.0 Å². The van der Waals surface area contributed by atoms with Crippen molar-refractivity contribution >= 4 is 35.0 Å². The van der Waals surface area contributed by atoms with Gasteiger partial charge in [0.25, 0.3) is 0 Å². The van der Waals surface area contributed by atoms with Gasteiger partial charge < -0.3 is 9.80 Å². The molecule has 0 spiro atoms. The van der Waals surface area contributed by atoms with Crippen LogP contribution in [-0.2, 0) is 22.7 Å². The molecule has 2 saturated heterocycles. The molecule has 0 aromatic heterocycles. The minimum absolute atomic E-state index is 0.0334. The van der Waals surface area contributed by atoms with E-state index in [-0.39, 0.29) is 18.2 Å². The van der Waals surface area contributed by atoms with Crippen LogP contribution in [0.25, 0.3) is 0 Å². The van der Waals surface area contributed by atoms with Crippen LogP contribution in [0.4, 0.5) is 0 Å². The summed E-state index contributed by atoms with van der Waals surface area (Å²) in [6.45, 7) is 7.58. The Morgan fingerprint density at radius 1 is 0.576 bits per heavy atom. The van der Waals surface area contributed by atoms with Crippen molar-refractivity contribution < 1.29 is 9.59 Å². The van der Waals surface area contributed by atoms with E-state index in [1.165, 1.54) is 11.1 Å². The van der Waals surface area contributed by atoms with E-state index in [0.29, 0.717) is 26.2 Å². The molecule has 2 aromatic carbocycles. The first-order valence-corrected chi connectivity index (χ1v) is 12.2. The van der Waals surface area contributed by atoms with Crippen LogP contribution in [0.15, 0.2) is 48.5 Å². The normalized spacial score (nSPS) is 17.9. The van der Waals surface area contributed by atoms with Crippen LogP contribution in [0.5, 0.6) is 0 Å². The Morgan fingerprint density at radius 3 is 1.24 bits per heavy atom. The lowest BCUT2D eigenvalue weighted by Crippen LogP contribution is -2.51. The fourth-order valence-corrected chi connectivity index (χ4v) is 4.61. The second kappa shape index (κ2) is 11.3. The molecule has 0 saturated carbocycles. The summed E-state index contributed by atoms with van der Waals surface area (Å²) < 4.78 is 0. The molecule has 2 aliphatic heterocycles. The van der Waals surface area contributed by atoms with Crippen molar-refractivity contribution in [3.05, 3.63) is 69.7 Å². The lowest BCUT2D eigenvalue weighted by atomic mass is 10.2. The second-order valence-electron chi connectivity index (χ2n) is 8.74. The highest BCUT2D eigenvalue weighted by Crippen LogP contribution is 2.15. The van der Waals surface area contributed by atoms with E-state index in [0.717, 1.165) is 49.3 Å². The molecule has 0 radical (unpaired) electrons. The van der Waals surface area contributed by atoms with Crippen LogP contribution < -0.4 is 0 Å². The lowest BCUT2D eigenvalue weighted by molar-refractivity contribution is -0.142. The molecule has 2 fully saturated rings. The number of carbonyl (C=O) groups excluding carboxylic acids is 2. The number of halogens is 2. The number of hydrogen-bond donors (Lipinski definition) is 0. The van der Waals surface area contributed by atoms with Gasteiger partial charge in [0.1, 0.15) is 6.42 Å². The summed E-state index contributed by atoms with van der Waals surface area (Å²) >= 11 is 11.9. The van der Waals surface area contributed by atoms with Crippen LogP contribution in [0.3, 0.4) is 0 Å². The van der Waals surface area contributed by atoms with Crippen molar-refractivity contribution in [1.29, 1.82) is 0 Å².